The molecule has 0 fully saturated rings. The molecule has 0 radical (unpaired) electrons. The zero-order chi connectivity index (χ0) is 23.5. The van der Waals surface area contributed by atoms with Crippen LogP contribution in [0, 0.1) is 0 Å². The van der Waals surface area contributed by atoms with Crippen LogP contribution in [0.25, 0.3) is 32.7 Å². The maximum Gasteiger partial charge on any atom is 0.236 e. The number of thioether (sulfide) groups is 1. The molecule has 3 aromatic heterocycles. The molecular formula is C24H20ClN5OS3. The van der Waals surface area contributed by atoms with Crippen LogP contribution in [0.1, 0.15) is 13.3 Å². The van der Waals surface area contributed by atoms with Crippen molar-refractivity contribution in [3.8, 4) is 22.6 Å². The van der Waals surface area contributed by atoms with Crippen molar-refractivity contribution in [3.63, 3.8) is 0 Å². The van der Waals surface area contributed by atoms with Crippen molar-refractivity contribution < 1.29 is 4.79 Å². The minimum Gasteiger partial charge on any atom is -0.302 e. The number of hydrogen-bond acceptors (Lipinski definition) is 7. The molecule has 0 bridgehead atoms. The molecule has 1 amide bonds. The largest absolute Gasteiger partial charge is 0.302 e. The molecule has 0 saturated heterocycles. The van der Waals surface area contributed by atoms with Crippen LogP contribution in [-0.4, -0.2) is 31.4 Å². The number of benzene rings is 2. The van der Waals surface area contributed by atoms with Gasteiger partial charge in [0.15, 0.2) is 16.1 Å². The monoisotopic (exact) mass is 525 g/mol. The van der Waals surface area contributed by atoms with Gasteiger partial charge in [-0.1, -0.05) is 60.6 Å². The molecule has 0 saturated carbocycles. The second-order valence-electron chi connectivity index (χ2n) is 7.48. The van der Waals surface area contributed by atoms with E-state index < -0.39 is 0 Å². The number of amides is 1. The number of halogens is 1. The van der Waals surface area contributed by atoms with Gasteiger partial charge in [0.25, 0.3) is 0 Å². The van der Waals surface area contributed by atoms with E-state index in [4.69, 9.17) is 11.6 Å². The zero-order valence-electron chi connectivity index (χ0n) is 18.2. The van der Waals surface area contributed by atoms with E-state index in [0.717, 1.165) is 40.8 Å². The van der Waals surface area contributed by atoms with Gasteiger partial charge in [-0.25, -0.2) is 4.98 Å². The number of carbonyl (C=O) groups excluding carboxylic acids is 1. The summed E-state index contributed by atoms with van der Waals surface area (Å²) in [6.45, 7) is 2.91. The molecule has 0 aliphatic heterocycles. The number of thiazole rings is 1. The minimum atomic E-state index is -0.129. The lowest BCUT2D eigenvalue weighted by Crippen LogP contribution is -2.14. The van der Waals surface area contributed by atoms with Crippen LogP contribution in [0.15, 0.2) is 64.4 Å². The molecule has 3 heterocycles. The number of nitrogens with one attached hydrogen (secondary N) is 1. The number of aromatic nitrogens is 4. The van der Waals surface area contributed by atoms with E-state index in [1.54, 1.807) is 11.3 Å². The summed E-state index contributed by atoms with van der Waals surface area (Å²) in [5, 5.41) is 19.0. The van der Waals surface area contributed by atoms with E-state index in [1.165, 1.54) is 33.2 Å². The summed E-state index contributed by atoms with van der Waals surface area (Å²) in [4.78, 5) is 17.1. The molecule has 5 aromatic rings. The summed E-state index contributed by atoms with van der Waals surface area (Å²) in [7, 11) is 0. The first kappa shape index (κ1) is 23.0. The average Bonchev–Trinajstić information content (AvgIpc) is 3.57. The summed E-state index contributed by atoms with van der Waals surface area (Å²) in [6.07, 6.45) is 0.944. The highest BCUT2D eigenvalue weighted by Crippen LogP contribution is 2.34. The third-order valence-electron chi connectivity index (χ3n) is 5.11. The first-order valence-electron chi connectivity index (χ1n) is 10.7. The lowest BCUT2D eigenvalue weighted by Gasteiger charge is -2.08. The third kappa shape index (κ3) is 4.88. The fraction of sp³-hybridized carbons (Fsp3) is 0.167. The Morgan fingerprint density at radius 2 is 1.91 bits per heavy atom. The topological polar surface area (TPSA) is 72.7 Å². The molecule has 10 heteroatoms. The number of carbonyl (C=O) groups is 1. The standard InChI is InChI=1S/C24H20ClN5OS3/c1-2-11-30-22(18-12-32-20-6-4-3-5-17(18)20)28-29-24(30)34-14-21(31)27-23-26-19(13-33-23)15-7-9-16(25)10-8-15/h3-10,12-13H,2,11,14H2,1H3,(H,26,27,31). The first-order chi connectivity index (χ1) is 16.6. The SMILES string of the molecule is CCCn1c(SCC(=O)Nc2nc(-c3ccc(Cl)cc3)cs2)nnc1-c1csc2ccccc12. The highest BCUT2D eigenvalue weighted by Gasteiger charge is 2.18. The van der Waals surface area contributed by atoms with Crippen molar-refractivity contribution in [2.24, 2.45) is 0 Å². The van der Waals surface area contributed by atoms with Crippen molar-refractivity contribution in [1.82, 2.24) is 19.7 Å². The van der Waals surface area contributed by atoms with Crippen molar-refractivity contribution >= 4 is 67.2 Å². The Morgan fingerprint density at radius 1 is 1.09 bits per heavy atom. The molecule has 2 aromatic carbocycles. The molecule has 0 spiro atoms. The van der Waals surface area contributed by atoms with E-state index in [2.05, 4.69) is 49.5 Å². The Balaban J connectivity index is 1.28. The molecule has 0 aliphatic carbocycles. The number of rotatable bonds is 8. The van der Waals surface area contributed by atoms with E-state index in [9.17, 15) is 4.79 Å². The van der Waals surface area contributed by atoms with Crippen molar-refractivity contribution in [2.45, 2.75) is 25.0 Å². The summed E-state index contributed by atoms with van der Waals surface area (Å²) < 4.78 is 3.33. The van der Waals surface area contributed by atoms with Gasteiger partial charge in [-0.2, -0.15) is 0 Å². The first-order valence-corrected chi connectivity index (χ1v) is 13.8. The molecule has 6 nitrogen and oxygen atoms in total. The average molecular weight is 526 g/mol. The number of thiophene rings is 1. The van der Waals surface area contributed by atoms with Gasteiger partial charge < -0.3 is 9.88 Å². The van der Waals surface area contributed by atoms with E-state index in [1.807, 2.05) is 41.8 Å². The molecule has 0 aliphatic rings. The predicted molar refractivity (Wildman–Crippen MR) is 143 cm³/mol. The van der Waals surface area contributed by atoms with Gasteiger partial charge in [-0.15, -0.1) is 32.9 Å². The Bertz CT molecular complexity index is 1440. The summed E-state index contributed by atoms with van der Waals surface area (Å²) in [6, 6.07) is 15.8. The molecule has 34 heavy (non-hydrogen) atoms. The number of anilines is 1. The lowest BCUT2D eigenvalue weighted by atomic mass is 10.1. The summed E-state index contributed by atoms with van der Waals surface area (Å²) >= 11 is 10.4. The number of hydrogen-bond donors (Lipinski definition) is 1. The lowest BCUT2D eigenvalue weighted by molar-refractivity contribution is -0.113. The fourth-order valence-corrected chi connectivity index (χ4v) is 6.11. The van der Waals surface area contributed by atoms with Gasteiger partial charge in [0.05, 0.1) is 11.4 Å². The quantitative estimate of drug-likeness (QED) is 0.219. The maximum atomic E-state index is 12.6. The van der Waals surface area contributed by atoms with Crippen LogP contribution in [0.4, 0.5) is 5.13 Å². The van der Waals surface area contributed by atoms with Crippen molar-refractivity contribution in [3.05, 3.63) is 64.3 Å². The van der Waals surface area contributed by atoms with Crippen LogP contribution in [-0.2, 0) is 11.3 Å². The van der Waals surface area contributed by atoms with E-state index in [0.29, 0.717) is 10.2 Å². The number of nitrogens with zero attached hydrogens (tertiary/aromatic N) is 4. The van der Waals surface area contributed by atoms with Gasteiger partial charge in [-0.05, 0) is 24.6 Å². The van der Waals surface area contributed by atoms with Gasteiger partial charge in [0.2, 0.25) is 5.91 Å². The molecule has 5 rings (SSSR count). The van der Waals surface area contributed by atoms with Crippen LogP contribution < -0.4 is 5.32 Å². The van der Waals surface area contributed by atoms with Crippen LogP contribution >= 0.6 is 46.0 Å². The Labute approximate surface area is 214 Å². The third-order valence-corrected chi connectivity index (χ3v) is 8.05. The molecule has 0 unspecified atom stereocenters. The van der Waals surface area contributed by atoms with E-state index in [-0.39, 0.29) is 11.7 Å². The van der Waals surface area contributed by atoms with Gasteiger partial charge in [0, 0.05) is 43.5 Å². The van der Waals surface area contributed by atoms with Crippen LogP contribution in [0.2, 0.25) is 5.02 Å². The summed E-state index contributed by atoms with van der Waals surface area (Å²) in [5.41, 5.74) is 2.84. The predicted octanol–water partition coefficient (Wildman–Crippen LogP) is 7.08. The highest BCUT2D eigenvalue weighted by molar-refractivity contribution is 7.99. The Kier molecular flexibility index (Phi) is 6.96. The smallest absolute Gasteiger partial charge is 0.236 e. The Morgan fingerprint density at radius 3 is 2.74 bits per heavy atom. The number of fused-ring (bicyclic) bond motifs is 1. The van der Waals surface area contributed by atoms with Crippen LogP contribution in [0.5, 0.6) is 0 Å². The molecule has 0 atom stereocenters. The zero-order valence-corrected chi connectivity index (χ0v) is 21.4. The second-order valence-corrected chi connectivity index (χ2v) is 10.6. The fourth-order valence-electron chi connectivity index (χ4n) is 3.54. The van der Waals surface area contributed by atoms with Crippen molar-refractivity contribution in [1.29, 1.82) is 0 Å². The van der Waals surface area contributed by atoms with Gasteiger partial charge >= 0.3 is 0 Å². The molecule has 1 N–H and O–H groups in total. The van der Waals surface area contributed by atoms with Crippen LogP contribution in [0.3, 0.4) is 0 Å². The van der Waals surface area contributed by atoms with Gasteiger partial charge in [-0.3, -0.25) is 4.79 Å². The maximum absolute atomic E-state index is 12.6. The molecular weight excluding hydrogens is 506 g/mol. The summed E-state index contributed by atoms with van der Waals surface area (Å²) in [5.74, 6) is 0.938. The van der Waals surface area contributed by atoms with E-state index >= 15 is 0 Å². The second kappa shape index (κ2) is 10.3. The Hall–Kier alpha value is -2.72. The normalized spacial score (nSPS) is 11.2. The highest BCUT2D eigenvalue weighted by atomic mass is 35.5. The minimum absolute atomic E-state index is 0.129. The van der Waals surface area contributed by atoms with Crippen molar-refractivity contribution in [2.75, 3.05) is 11.1 Å². The van der Waals surface area contributed by atoms with Gasteiger partial charge in [0.1, 0.15) is 0 Å². The molecule has 172 valence electrons.